The lowest BCUT2D eigenvalue weighted by molar-refractivity contribution is -0.432. The SMILES string of the molecule is O=C([O-])C1=[N+](c2ccccc2)CCN1c1ccccc1. The number of carboxylic acids is 1. The summed E-state index contributed by atoms with van der Waals surface area (Å²) in [5.74, 6) is -0.961. The lowest BCUT2D eigenvalue weighted by Crippen LogP contribution is -2.44. The smallest absolute Gasteiger partial charge is 0.305 e. The van der Waals surface area contributed by atoms with Crippen molar-refractivity contribution in [2.45, 2.75) is 0 Å². The highest BCUT2D eigenvalue weighted by Crippen LogP contribution is 2.21. The van der Waals surface area contributed by atoms with Crippen molar-refractivity contribution in [3.8, 4) is 0 Å². The van der Waals surface area contributed by atoms with E-state index in [9.17, 15) is 9.90 Å². The quantitative estimate of drug-likeness (QED) is 0.779. The van der Waals surface area contributed by atoms with Crippen LogP contribution >= 0.6 is 0 Å². The van der Waals surface area contributed by atoms with Gasteiger partial charge in [0.15, 0.2) is 5.97 Å². The predicted molar refractivity (Wildman–Crippen MR) is 75.0 cm³/mol. The molecule has 2 aromatic carbocycles. The van der Waals surface area contributed by atoms with Gasteiger partial charge in [-0.2, -0.15) is 0 Å². The zero-order chi connectivity index (χ0) is 13.9. The fourth-order valence-electron chi connectivity index (χ4n) is 2.50. The molecular formula is C16H14N2O2. The van der Waals surface area contributed by atoms with Crippen LogP contribution in [0.5, 0.6) is 0 Å². The van der Waals surface area contributed by atoms with Gasteiger partial charge in [-0.3, -0.25) is 0 Å². The standard InChI is InChI=1S/C16H14N2O2/c19-16(20)15-17(13-7-3-1-4-8-13)11-12-18(15)14-9-5-2-6-10-14/h1-10H,11-12H2. The molecule has 0 aliphatic carbocycles. The summed E-state index contributed by atoms with van der Waals surface area (Å²) in [6.45, 7) is 1.25. The first kappa shape index (κ1) is 12.4. The maximum Gasteiger partial charge on any atom is 0.305 e. The molecule has 3 rings (SSSR count). The van der Waals surface area contributed by atoms with Crippen LogP contribution in [0.2, 0.25) is 0 Å². The topological polar surface area (TPSA) is 46.4 Å². The first-order valence-corrected chi connectivity index (χ1v) is 6.51. The van der Waals surface area contributed by atoms with Gasteiger partial charge in [-0.1, -0.05) is 36.4 Å². The van der Waals surface area contributed by atoms with E-state index in [0.29, 0.717) is 13.1 Å². The normalized spacial score (nSPS) is 14.7. The molecule has 0 saturated carbocycles. The van der Waals surface area contributed by atoms with Crippen LogP contribution in [0.4, 0.5) is 11.4 Å². The van der Waals surface area contributed by atoms with Crippen molar-refractivity contribution in [3.05, 3.63) is 60.7 Å². The zero-order valence-corrected chi connectivity index (χ0v) is 10.9. The number of benzene rings is 2. The summed E-state index contributed by atoms with van der Waals surface area (Å²) in [5.41, 5.74) is 1.73. The van der Waals surface area contributed by atoms with Crippen molar-refractivity contribution in [1.29, 1.82) is 0 Å². The third kappa shape index (κ3) is 2.16. The Morgan fingerprint density at radius 1 is 1.00 bits per heavy atom. The molecule has 20 heavy (non-hydrogen) atoms. The van der Waals surface area contributed by atoms with Crippen molar-refractivity contribution in [2.75, 3.05) is 18.0 Å². The van der Waals surface area contributed by atoms with Crippen molar-refractivity contribution >= 4 is 23.2 Å². The molecule has 0 N–H and O–H groups in total. The number of hydrogen-bond acceptors (Lipinski definition) is 3. The van der Waals surface area contributed by atoms with Crippen LogP contribution in [0.3, 0.4) is 0 Å². The maximum absolute atomic E-state index is 11.5. The average molecular weight is 266 g/mol. The van der Waals surface area contributed by atoms with E-state index in [1.165, 1.54) is 0 Å². The molecule has 0 radical (unpaired) electrons. The van der Waals surface area contributed by atoms with Gasteiger partial charge in [-0.15, -0.1) is 0 Å². The average Bonchev–Trinajstić information content (AvgIpc) is 2.94. The summed E-state index contributed by atoms with van der Waals surface area (Å²) in [6, 6.07) is 19.0. The Bertz CT molecular complexity index is 651. The van der Waals surface area contributed by atoms with Crippen LogP contribution < -0.4 is 10.0 Å². The van der Waals surface area contributed by atoms with Gasteiger partial charge in [-0.25, -0.2) is 9.48 Å². The molecular weight excluding hydrogens is 252 g/mol. The Morgan fingerprint density at radius 3 is 2.20 bits per heavy atom. The summed E-state index contributed by atoms with van der Waals surface area (Å²) in [7, 11) is 0. The van der Waals surface area contributed by atoms with Gasteiger partial charge >= 0.3 is 5.84 Å². The number of para-hydroxylation sites is 2. The van der Waals surface area contributed by atoms with Crippen molar-refractivity contribution < 1.29 is 14.5 Å². The number of nitrogens with zero attached hydrogens (tertiary/aromatic N) is 2. The Morgan fingerprint density at radius 2 is 1.60 bits per heavy atom. The Kier molecular flexibility index (Phi) is 3.21. The van der Waals surface area contributed by atoms with Crippen LogP contribution in [-0.2, 0) is 4.79 Å². The van der Waals surface area contributed by atoms with Gasteiger partial charge in [0.05, 0.1) is 0 Å². The maximum atomic E-state index is 11.5. The Hall–Kier alpha value is -2.62. The molecule has 1 aliphatic heterocycles. The van der Waals surface area contributed by atoms with Crippen molar-refractivity contribution in [2.24, 2.45) is 0 Å². The second-order valence-corrected chi connectivity index (χ2v) is 4.59. The minimum atomic E-state index is -1.16. The van der Waals surface area contributed by atoms with E-state index in [1.807, 2.05) is 60.7 Å². The van der Waals surface area contributed by atoms with Gasteiger partial charge in [0.25, 0.3) is 0 Å². The largest absolute Gasteiger partial charge is 0.538 e. The molecule has 100 valence electrons. The monoisotopic (exact) mass is 266 g/mol. The van der Waals surface area contributed by atoms with E-state index in [-0.39, 0.29) is 5.84 Å². The molecule has 4 nitrogen and oxygen atoms in total. The minimum Gasteiger partial charge on any atom is -0.538 e. The fourth-order valence-corrected chi connectivity index (χ4v) is 2.50. The summed E-state index contributed by atoms with van der Waals surface area (Å²) < 4.78 is 1.78. The van der Waals surface area contributed by atoms with Gasteiger partial charge in [0, 0.05) is 0 Å². The number of amidine groups is 1. The molecule has 0 fully saturated rings. The lowest BCUT2D eigenvalue weighted by Gasteiger charge is -2.13. The minimum absolute atomic E-state index is 0.197. The predicted octanol–water partition coefficient (Wildman–Crippen LogP) is 0.999. The second kappa shape index (κ2) is 5.17. The van der Waals surface area contributed by atoms with E-state index in [2.05, 4.69) is 0 Å². The molecule has 0 spiro atoms. The molecule has 0 unspecified atom stereocenters. The Labute approximate surface area is 117 Å². The second-order valence-electron chi connectivity index (χ2n) is 4.59. The molecule has 1 heterocycles. The molecule has 4 heteroatoms. The van der Waals surface area contributed by atoms with E-state index < -0.39 is 5.97 Å². The van der Waals surface area contributed by atoms with E-state index in [1.54, 1.807) is 9.48 Å². The van der Waals surface area contributed by atoms with Crippen LogP contribution in [0, 0.1) is 0 Å². The third-order valence-corrected chi connectivity index (χ3v) is 3.38. The first-order valence-electron chi connectivity index (χ1n) is 6.51. The van der Waals surface area contributed by atoms with Crippen molar-refractivity contribution in [1.82, 2.24) is 0 Å². The zero-order valence-electron chi connectivity index (χ0n) is 10.9. The molecule has 0 saturated heterocycles. The fraction of sp³-hybridized carbons (Fsp3) is 0.125. The van der Waals surface area contributed by atoms with Crippen LogP contribution in [0.15, 0.2) is 60.7 Å². The molecule has 0 atom stereocenters. The number of anilines is 1. The highest BCUT2D eigenvalue weighted by molar-refractivity contribution is 6.37. The first-order chi connectivity index (χ1) is 9.77. The van der Waals surface area contributed by atoms with Gasteiger partial charge in [-0.05, 0) is 24.3 Å². The highest BCUT2D eigenvalue weighted by atomic mass is 16.4. The molecule has 2 aromatic rings. The number of carbonyl (C=O) groups is 1. The highest BCUT2D eigenvalue weighted by Gasteiger charge is 2.33. The summed E-state index contributed by atoms with van der Waals surface area (Å²) in [4.78, 5) is 13.3. The van der Waals surface area contributed by atoms with E-state index >= 15 is 0 Å². The lowest BCUT2D eigenvalue weighted by atomic mass is 10.3. The van der Waals surface area contributed by atoms with Crippen LogP contribution in [0.25, 0.3) is 0 Å². The number of aliphatic carboxylic acids is 1. The summed E-state index contributed by atoms with van der Waals surface area (Å²) >= 11 is 0. The molecule has 0 aromatic heterocycles. The number of rotatable bonds is 3. The van der Waals surface area contributed by atoms with E-state index in [0.717, 1.165) is 11.4 Å². The number of carbonyl (C=O) groups excluding carboxylic acids is 1. The van der Waals surface area contributed by atoms with Crippen LogP contribution in [0.1, 0.15) is 0 Å². The van der Waals surface area contributed by atoms with Gasteiger partial charge in [0.2, 0.25) is 0 Å². The molecule has 0 bridgehead atoms. The van der Waals surface area contributed by atoms with E-state index in [4.69, 9.17) is 0 Å². The van der Waals surface area contributed by atoms with Gasteiger partial charge in [0.1, 0.15) is 24.5 Å². The summed E-state index contributed by atoms with van der Waals surface area (Å²) in [5, 5.41) is 11.5. The summed E-state index contributed by atoms with van der Waals surface area (Å²) in [6.07, 6.45) is 0. The number of carboxylic acid groups (broad SMARTS) is 1. The van der Waals surface area contributed by atoms with Gasteiger partial charge < -0.3 is 9.90 Å². The van der Waals surface area contributed by atoms with Crippen LogP contribution in [-0.4, -0.2) is 29.5 Å². The Balaban J connectivity index is 2.08. The molecule has 1 aliphatic rings. The third-order valence-electron chi connectivity index (χ3n) is 3.38. The number of hydrogen-bond donors (Lipinski definition) is 0. The molecule has 0 amide bonds. The van der Waals surface area contributed by atoms with Crippen molar-refractivity contribution in [3.63, 3.8) is 0 Å².